The Hall–Kier alpha value is -1.84. The predicted molar refractivity (Wildman–Crippen MR) is 73.3 cm³/mol. The highest BCUT2D eigenvalue weighted by atomic mass is 16.5. The third-order valence-corrected chi connectivity index (χ3v) is 3.03. The van der Waals surface area contributed by atoms with Crippen molar-refractivity contribution >= 4 is 0 Å². The van der Waals surface area contributed by atoms with E-state index in [0.29, 0.717) is 0 Å². The molecule has 0 saturated carbocycles. The molecule has 0 amide bonds. The molecule has 3 nitrogen and oxygen atoms in total. The lowest BCUT2D eigenvalue weighted by Gasteiger charge is -2.19. The SMILES string of the molecule is COc1ccccc1C(NN)c1ccc(C)cc1. The summed E-state index contributed by atoms with van der Waals surface area (Å²) in [6.45, 7) is 2.07. The first-order chi connectivity index (χ1) is 8.76. The zero-order valence-corrected chi connectivity index (χ0v) is 10.7. The van der Waals surface area contributed by atoms with E-state index < -0.39 is 0 Å². The number of para-hydroxylation sites is 1. The Labute approximate surface area is 108 Å². The molecule has 0 radical (unpaired) electrons. The number of methoxy groups -OCH3 is 1. The zero-order valence-electron chi connectivity index (χ0n) is 10.7. The Morgan fingerprint density at radius 3 is 2.33 bits per heavy atom. The molecule has 0 aliphatic rings. The summed E-state index contributed by atoms with van der Waals surface area (Å²) in [5.41, 5.74) is 6.23. The molecule has 94 valence electrons. The maximum absolute atomic E-state index is 5.69. The van der Waals surface area contributed by atoms with Gasteiger partial charge in [-0.2, -0.15) is 0 Å². The van der Waals surface area contributed by atoms with E-state index in [1.165, 1.54) is 5.56 Å². The summed E-state index contributed by atoms with van der Waals surface area (Å²) in [6.07, 6.45) is 0. The van der Waals surface area contributed by atoms with Gasteiger partial charge in [-0.15, -0.1) is 0 Å². The van der Waals surface area contributed by atoms with Crippen LogP contribution in [0.3, 0.4) is 0 Å². The van der Waals surface area contributed by atoms with Crippen molar-refractivity contribution in [3.63, 3.8) is 0 Å². The van der Waals surface area contributed by atoms with Gasteiger partial charge in [0.15, 0.2) is 0 Å². The number of hydrogen-bond acceptors (Lipinski definition) is 3. The van der Waals surface area contributed by atoms with Gasteiger partial charge in [0.05, 0.1) is 13.2 Å². The van der Waals surface area contributed by atoms with E-state index in [1.54, 1.807) is 7.11 Å². The summed E-state index contributed by atoms with van der Waals surface area (Å²) in [6, 6.07) is 16.1. The maximum Gasteiger partial charge on any atom is 0.124 e. The lowest BCUT2D eigenvalue weighted by atomic mass is 9.97. The number of benzene rings is 2. The van der Waals surface area contributed by atoms with Crippen LogP contribution in [-0.2, 0) is 0 Å². The lowest BCUT2D eigenvalue weighted by molar-refractivity contribution is 0.404. The van der Waals surface area contributed by atoms with E-state index in [-0.39, 0.29) is 6.04 Å². The first-order valence-electron chi connectivity index (χ1n) is 5.92. The second-order valence-electron chi connectivity index (χ2n) is 4.25. The quantitative estimate of drug-likeness (QED) is 0.640. The van der Waals surface area contributed by atoms with E-state index in [4.69, 9.17) is 10.6 Å². The van der Waals surface area contributed by atoms with Crippen molar-refractivity contribution in [3.05, 3.63) is 65.2 Å². The van der Waals surface area contributed by atoms with E-state index >= 15 is 0 Å². The van der Waals surface area contributed by atoms with Crippen molar-refractivity contribution < 1.29 is 4.74 Å². The molecule has 3 N–H and O–H groups in total. The number of hydrogen-bond donors (Lipinski definition) is 2. The number of aryl methyl sites for hydroxylation is 1. The molecule has 0 spiro atoms. The summed E-state index contributed by atoms with van der Waals surface area (Å²) in [7, 11) is 1.67. The van der Waals surface area contributed by atoms with Gasteiger partial charge in [-0.05, 0) is 18.6 Å². The normalized spacial score (nSPS) is 12.2. The van der Waals surface area contributed by atoms with Crippen LogP contribution in [0.2, 0.25) is 0 Å². The van der Waals surface area contributed by atoms with Gasteiger partial charge in [-0.25, -0.2) is 5.43 Å². The van der Waals surface area contributed by atoms with E-state index in [2.05, 4.69) is 36.6 Å². The Balaban J connectivity index is 2.41. The molecule has 1 atom stereocenters. The van der Waals surface area contributed by atoms with Gasteiger partial charge < -0.3 is 4.74 Å². The molecule has 2 rings (SSSR count). The minimum absolute atomic E-state index is 0.0678. The third kappa shape index (κ3) is 2.53. The first-order valence-corrected chi connectivity index (χ1v) is 5.92. The Bertz CT molecular complexity index is 508. The highest BCUT2D eigenvalue weighted by Crippen LogP contribution is 2.29. The smallest absolute Gasteiger partial charge is 0.124 e. The standard InChI is InChI=1S/C15H18N2O/c1-11-7-9-12(10-8-11)15(17-16)13-5-3-4-6-14(13)18-2/h3-10,15,17H,16H2,1-2H3. The molecule has 0 aliphatic heterocycles. The molecule has 0 aromatic heterocycles. The number of nitrogens with one attached hydrogen (secondary N) is 1. The molecule has 0 aliphatic carbocycles. The molecule has 3 heteroatoms. The summed E-state index contributed by atoms with van der Waals surface area (Å²) >= 11 is 0. The largest absolute Gasteiger partial charge is 0.496 e. The predicted octanol–water partition coefficient (Wildman–Crippen LogP) is 2.56. The average Bonchev–Trinajstić information content (AvgIpc) is 2.42. The van der Waals surface area contributed by atoms with Gasteiger partial charge in [0.25, 0.3) is 0 Å². The number of hydrazine groups is 1. The van der Waals surface area contributed by atoms with Crippen molar-refractivity contribution in [2.24, 2.45) is 5.84 Å². The average molecular weight is 242 g/mol. The lowest BCUT2D eigenvalue weighted by Crippen LogP contribution is -2.29. The molecule has 2 aromatic rings. The highest BCUT2D eigenvalue weighted by Gasteiger charge is 2.15. The van der Waals surface area contributed by atoms with Crippen LogP contribution in [0.15, 0.2) is 48.5 Å². The molecule has 1 unspecified atom stereocenters. The van der Waals surface area contributed by atoms with Gasteiger partial charge in [0, 0.05) is 5.56 Å². The van der Waals surface area contributed by atoms with Crippen molar-refractivity contribution in [2.45, 2.75) is 13.0 Å². The number of nitrogens with two attached hydrogens (primary N) is 1. The molecule has 0 bridgehead atoms. The van der Waals surface area contributed by atoms with Gasteiger partial charge >= 0.3 is 0 Å². The fraction of sp³-hybridized carbons (Fsp3) is 0.200. The van der Waals surface area contributed by atoms with Crippen molar-refractivity contribution in [1.29, 1.82) is 0 Å². The maximum atomic E-state index is 5.69. The first kappa shape index (κ1) is 12.6. The molecule has 2 aromatic carbocycles. The van der Waals surface area contributed by atoms with Crippen LogP contribution >= 0.6 is 0 Å². The van der Waals surface area contributed by atoms with Gasteiger partial charge in [-0.3, -0.25) is 5.84 Å². The topological polar surface area (TPSA) is 47.3 Å². The van der Waals surface area contributed by atoms with Crippen molar-refractivity contribution in [3.8, 4) is 5.75 Å². The molecule has 0 fully saturated rings. The molecular weight excluding hydrogens is 224 g/mol. The fourth-order valence-electron chi connectivity index (χ4n) is 2.03. The van der Waals surface area contributed by atoms with Gasteiger partial charge in [0.1, 0.15) is 5.75 Å². The Kier molecular flexibility index (Phi) is 3.97. The molecule has 0 heterocycles. The van der Waals surface area contributed by atoms with Crippen molar-refractivity contribution in [1.82, 2.24) is 5.43 Å². The monoisotopic (exact) mass is 242 g/mol. The van der Waals surface area contributed by atoms with E-state index in [1.807, 2.05) is 24.3 Å². The minimum atomic E-state index is -0.0678. The zero-order chi connectivity index (χ0) is 13.0. The number of ether oxygens (including phenoxy) is 1. The molecular formula is C15H18N2O. The second-order valence-corrected chi connectivity index (χ2v) is 4.25. The van der Waals surface area contributed by atoms with Crippen molar-refractivity contribution in [2.75, 3.05) is 7.11 Å². The summed E-state index contributed by atoms with van der Waals surface area (Å²) < 4.78 is 5.38. The third-order valence-electron chi connectivity index (χ3n) is 3.03. The van der Waals surface area contributed by atoms with Gasteiger partial charge in [0.2, 0.25) is 0 Å². The minimum Gasteiger partial charge on any atom is -0.496 e. The van der Waals surface area contributed by atoms with Crippen LogP contribution in [0.5, 0.6) is 5.75 Å². The van der Waals surface area contributed by atoms with E-state index in [0.717, 1.165) is 16.9 Å². The van der Waals surface area contributed by atoms with Crippen LogP contribution in [0.1, 0.15) is 22.7 Å². The number of rotatable bonds is 4. The van der Waals surface area contributed by atoms with Crippen LogP contribution < -0.4 is 16.0 Å². The summed E-state index contributed by atoms with van der Waals surface area (Å²) in [4.78, 5) is 0. The van der Waals surface area contributed by atoms with Crippen LogP contribution in [0.25, 0.3) is 0 Å². The van der Waals surface area contributed by atoms with Crippen LogP contribution in [-0.4, -0.2) is 7.11 Å². The Morgan fingerprint density at radius 1 is 1.06 bits per heavy atom. The summed E-state index contributed by atoms with van der Waals surface area (Å²) in [5.74, 6) is 6.53. The Morgan fingerprint density at radius 2 is 1.72 bits per heavy atom. The van der Waals surface area contributed by atoms with Gasteiger partial charge in [-0.1, -0.05) is 48.0 Å². The second kappa shape index (κ2) is 5.67. The van der Waals surface area contributed by atoms with Crippen LogP contribution in [0.4, 0.5) is 0 Å². The fourth-order valence-corrected chi connectivity index (χ4v) is 2.03. The van der Waals surface area contributed by atoms with E-state index in [9.17, 15) is 0 Å². The van der Waals surface area contributed by atoms with Crippen LogP contribution in [0, 0.1) is 6.92 Å². The molecule has 18 heavy (non-hydrogen) atoms. The summed E-state index contributed by atoms with van der Waals surface area (Å²) in [5, 5.41) is 0. The molecule has 0 saturated heterocycles. The highest BCUT2D eigenvalue weighted by molar-refractivity contribution is 5.41.